The van der Waals surface area contributed by atoms with Crippen molar-refractivity contribution in [3.05, 3.63) is 72.3 Å². The third kappa shape index (κ3) is 6.32. The lowest BCUT2D eigenvalue weighted by Gasteiger charge is -2.40. The van der Waals surface area contributed by atoms with E-state index in [1.54, 1.807) is 24.1 Å². The molecule has 236 valence electrons. The van der Waals surface area contributed by atoms with Crippen LogP contribution in [0.4, 0.5) is 4.39 Å². The summed E-state index contributed by atoms with van der Waals surface area (Å²) in [7, 11) is 1.63. The minimum absolute atomic E-state index is 0.181. The van der Waals surface area contributed by atoms with Crippen LogP contribution < -0.4 is 10.1 Å². The number of rotatable bonds is 9. The van der Waals surface area contributed by atoms with Crippen molar-refractivity contribution in [2.24, 2.45) is 7.05 Å². The molecule has 0 spiro atoms. The van der Waals surface area contributed by atoms with Crippen LogP contribution in [0.5, 0.6) is 5.75 Å². The van der Waals surface area contributed by atoms with E-state index < -0.39 is 8.32 Å². The van der Waals surface area contributed by atoms with Crippen LogP contribution in [0.15, 0.2) is 65.3 Å². The van der Waals surface area contributed by atoms with Crippen molar-refractivity contribution >= 4 is 19.4 Å². The Balaban J connectivity index is 1.26. The van der Waals surface area contributed by atoms with E-state index in [1.165, 1.54) is 18.6 Å². The van der Waals surface area contributed by atoms with Gasteiger partial charge in [-0.1, -0.05) is 39.0 Å². The predicted molar refractivity (Wildman–Crippen MR) is 178 cm³/mol. The van der Waals surface area contributed by atoms with Crippen LogP contribution in [0.3, 0.4) is 0 Å². The highest BCUT2D eigenvalue weighted by Gasteiger charge is 2.41. The average Bonchev–Trinajstić information content (AvgIpc) is 3.74. The van der Waals surface area contributed by atoms with Gasteiger partial charge in [0.1, 0.15) is 17.7 Å². The fourth-order valence-corrected chi connectivity index (χ4v) is 7.23. The third-order valence-corrected chi connectivity index (χ3v) is 13.9. The summed E-state index contributed by atoms with van der Waals surface area (Å²) in [5.74, 6) is 1.37. The van der Waals surface area contributed by atoms with Gasteiger partial charge in [0.05, 0.1) is 13.2 Å². The van der Waals surface area contributed by atoms with Crippen LogP contribution >= 0.6 is 0 Å². The van der Waals surface area contributed by atoms with Gasteiger partial charge in [0, 0.05) is 30.8 Å². The Hall–Kier alpha value is -3.86. The largest absolute Gasteiger partial charge is 0.493 e. The maximum Gasteiger partial charge on any atom is 0.227 e. The van der Waals surface area contributed by atoms with E-state index in [9.17, 15) is 4.39 Å². The second-order valence-electron chi connectivity index (χ2n) is 13.5. The minimum Gasteiger partial charge on any atom is -0.493 e. The number of methoxy groups -OCH3 is 1. The molecule has 45 heavy (non-hydrogen) atoms. The number of fused-ring (bicyclic) bond motifs is 1. The summed E-state index contributed by atoms with van der Waals surface area (Å²) in [4.78, 5) is 4.88. The van der Waals surface area contributed by atoms with Gasteiger partial charge in [-0.15, -0.1) is 10.2 Å². The van der Waals surface area contributed by atoms with E-state index in [0.717, 1.165) is 40.6 Å². The third-order valence-electron chi connectivity index (χ3n) is 9.36. The number of nitrogens with one attached hydrogen (secondary N) is 1. The first-order chi connectivity index (χ1) is 21.4. The Morgan fingerprint density at radius 3 is 2.58 bits per heavy atom. The van der Waals surface area contributed by atoms with Gasteiger partial charge in [-0.25, -0.2) is 9.37 Å². The fraction of sp³-hybridized carbons (Fsp3) is 0.400. The Morgan fingerprint density at radius 2 is 1.84 bits per heavy atom. The number of oxazole rings is 1. The molecule has 6 rings (SSSR count). The van der Waals surface area contributed by atoms with Crippen molar-refractivity contribution < 1.29 is 18.0 Å². The second kappa shape index (κ2) is 12.1. The number of aryl methyl sites for hydroxylation is 1. The summed E-state index contributed by atoms with van der Waals surface area (Å²) in [5, 5.41) is 12.1. The molecular formula is C35H42FN5O3Si. The van der Waals surface area contributed by atoms with Crippen LogP contribution in [0.2, 0.25) is 18.1 Å². The van der Waals surface area contributed by atoms with Gasteiger partial charge in [-0.2, -0.15) is 0 Å². The molecule has 1 saturated carbocycles. The van der Waals surface area contributed by atoms with E-state index >= 15 is 0 Å². The maximum absolute atomic E-state index is 14.3. The van der Waals surface area contributed by atoms with Crippen molar-refractivity contribution in [3.8, 4) is 39.7 Å². The van der Waals surface area contributed by atoms with Crippen molar-refractivity contribution in [1.82, 2.24) is 25.1 Å². The van der Waals surface area contributed by atoms with Crippen LogP contribution in [0.1, 0.15) is 45.6 Å². The van der Waals surface area contributed by atoms with Crippen molar-refractivity contribution in [2.45, 2.75) is 76.9 Å². The van der Waals surface area contributed by atoms with E-state index in [1.807, 2.05) is 37.4 Å². The molecule has 0 amide bonds. The molecule has 1 aliphatic rings. The quantitative estimate of drug-likeness (QED) is 0.165. The summed E-state index contributed by atoms with van der Waals surface area (Å²) in [6.45, 7) is 12.2. The molecule has 2 atom stereocenters. The van der Waals surface area contributed by atoms with Crippen molar-refractivity contribution in [2.75, 3.05) is 7.11 Å². The van der Waals surface area contributed by atoms with E-state index in [2.05, 4.69) is 55.4 Å². The maximum atomic E-state index is 14.3. The van der Waals surface area contributed by atoms with E-state index in [4.69, 9.17) is 18.6 Å². The molecule has 5 aromatic rings. The first-order valence-corrected chi connectivity index (χ1v) is 18.5. The number of nitrogens with zero attached hydrogens (tertiary/aromatic N) is 4. The molecule has 8 nitrogen and oxygen atoms in total. The Labute approximate surface area is 265 Å². The standard InChI is InChI=1S/C35H42FN5O3Si/c1-35(2,3)45(6,7)44-30-13-9-12-28(30)37-20-22-16-29-32(31(17-22)42-5)43-34(39-29)24-11-8-10-23(18-24)26-15-14-25(36)19-27(26)33-40-38-21-41(33)4/h8,10-11,14-19,21,28,30,37H,9,12-13,20H2,1-7H3/t28-,30?/m1/s1. The van der Waals surface area contributed by atoms with Gasteiger partial charge in [0.25, 0.3) is 0 Å². The summed E-state index contributed by atoms with van der Waals surface area (Å²) in [6, 6.07) is 17.0. The summed E-state index contributed by atoms with van der Waals surface area (Å²) in [5.41, 5.74) is 5.58. The SMILES string of the molecule is COc1cc(CN[C@@H]2CCCC2O[Si](C)(C)C(C)(C)C)cc2nc(-c3cccc(-c4ccc(F)cc4-c4nncn4C)c3)oc12. The molecule has 10 heteroatoms. The fourth-order valence-electron chi connectivity index (χ4n) is 5.84. The highest BCUT2D eigenvalue weighted by molar-refractivity contribution is 6.74. The van der Waals surface area contributed by atoms with E-state index in [0.29, 0.717) is 41.2 Å². The molecule has 1 fully saturated rings. The molecule has 1 aliphatic carbocycles. The van der Waals surface area contributed by atoms with Gasteiger partial charge in [-0.05, 0) is 90.5 Å². The Morgan fingerprint density at radius 1 is 1.04 bits per heavy atom. The second-order valence-corrected chi connectivity index (χ2v) is 18.3. The zero-order valence-corrected chi connectivity index (χ0v) is 28.1. The molecule has 0 bridgehead atoms. The molecule has 1 unspecified atom stereocenters. The Bertz CT molecular complexity index is 1830. The molecule has 0 radical (unpaired) electrons. The van der Waals surface area contributed by atoms with Gasteiger partial charge >= 0.3 is 0 Å². The Kier molecular flexibility index (Phi) is 8.40. The summed E-state index contributed by atoms with van der Waals surface area (Å²) < 4.78 is 34.9. The predicted octanol–water partition coefficient (Wildman–Crippen LogP) is 8.14. The van der Waals surface area contributed by atoms with Crippen LogP contribution in [-0.4, -0.2) is 47.3 Å². The van der Waals surface area contributed by atoms with Crippen LogP contribution in [-0.2, 0) is 18.0 Å². The number of benzene rings is 3. The van der Waals surface area contributed by atoms with Crippen molar-refractivity contribution in [3.63, 3.8) is 0 Å². The molecule has 0 aliphatic heterocycles. The highest BCUT2D eigenvalue weighted by atomic mass is 28.4. The number of hydrogen-bond acceptors (Lipinski definition) is 7. The topological polar surface area (TPSA) is 87.2 Å². The number of hydrogen-bond donors (Lipinski definition) is 1. The lowest BCUT2D eigenvalue weighted by atomic mass is 9.97. The zero-order valence-electron chi connectivity index (χ0n) is 27.1. The van der Waals surface area contributed by atoms with Gasteiger partial charge in [0.15, 0.2) is 25.5 Å². The van der Waals surface area contributed by atoms with Crippen LogP contribution in [0.25, 0.3) is 45.1 Å². The zero-order chi connectivity index (χ0) is 31.9. The van der Waals surface area contributed by atoms with Gasteiger partial charge in [-0.3, -0.25) is 0 Å². The first-order valence-electron chi connectivity index (χ1n) is 15.6. The number of ether oxygens (including phenoxy) is 1. The summed E-state index contributed by atoms with van der Waals surface area (Å²) >= 11 is 0. The molecule has 3 aromatic carbocycles. The van der Waals surface area contributed by atoms with Gasteiger partial charge < -0.3 is 23.5 Å². The smallest absolute Gasteiger partial charge is 0.227 e. The average molecular weight is 628 g/mol. The monoisotopic (exact) mass is 627 g/mol. The molecule has 1 N–H and O–H groups in total. The van der Waals surface area contributed by atoms with Gasteiger partial charge in [0.2, 0.25) is 5.89 Å². The summed E-state index contributed by atoms with van der Waals surface area (Å²) in [6.07, 6.45) is 5.21. The molecule has 2 heterocycles. The highest BCUT2D eigenvalue weighted by Crippen LogP contribution is 2.40. The van der Waals surface area contributed by atoms with E-state index in [-0.39, 0.29) is 17.0 Å². The molecular weight excluding hydrogens is 586 g/mol. The number of halogens is 1. The molecule has 0 saturated heterocycles. The van der Waals surface area contributed by atoms with Crippen molar-refractivity contribution in [1.29, 1.82) is 0 Å². The van der Waals surface area contributed by atoms with Crippen LogP contribution in [0, 0.1) is 5.82 Å². The number of aromatic nitrogens is 4. The first kappa shape index (κ1) is 31.1. The lowest BCUT2D eigenvalue weighted by molar-refractivity contribution is 0.155. The molecule has 2 aromatic heterocycles. The minimum atomic E-state index is -1.85. The normalized spacial score (nSPS) is 17.3. The lowest BCUT2D eigenvalue weighted by Crippen LogP contribution is -2.48.